The van der Waals surface area contributed by atoms with Gasteiger partial charge in [-0.15, -0.1) is 0 Å². The minimum absolute atomic E-state index is 0.00821. The van der Waals surface area contributed by atoms with E-state index in [1.165, 1.54) is 17.8 Å². The molecule has 6 atom stereocenters. The van der Waals surface area contributed by atoms with Gasteiger partial charge in [0.2, 0.25) is 0 Å². The van der Waals surface area contributed by atoms with E-state index in [-0.39, 0.29) is 30.5 Å². The van der Waals surface area contributed by atoms with Crippen LogP contribution < -0.4 is 15.3 Å². The van der Waals surface area contributed by atoms with Crippen molar-refractivity contribution in [1.29, 1.82) is 0 Å². The summed E-state index contributed by atoms with van der Waals surface area (Å²) in [6.07, 6.45) is -1.43. The van der Waals surface area contributed by atoms with Crippen LogP contribution in [0.25, 0.3) is 5.52 Å². The molecule has 2 saturated heterocycles. The predicted molar refractivity (Wildman–Crippen MR) is 173 cm³/mol. The molecule has 49 heavy (non-hydrogen) atoms. The fourth-order valence-electron chi connectivity index (χ4n) is 5.51. The molecule has 0 radical (unpaired) electrons. The molecule has 0 unspecified atom stereocenters. The monoisotopic (exact) mass is 703 g/mol. The summed E-state index contributed by atoms with van der Waals surface area (Å²) in [4.78, 5) is 42.6. The zero-order chi connectivity index (χ0) is 35.2. The molecule has 17 heteroatoms. The molecular formula is C32H42N5O11P. The highest BCUT2D eigenvalue weighted by Crippen LogP contribution is 2.50. The third kappa shape index (κ3) is 8.57. The highest BCUT2D eigenvalue weighted by atomic mass is 31.2. The van der Waals surface area contributed by atoms with Crippen molar-refractivity contribution in [3.63, 3.8) is 0 Å². The van der Waals surface area contributed by atoms with Crippen molar-refractivity contribution in [3.8, 4) is 5.75 Å². The first-order valence-corrected chi connectivity index (χ1v) is 17.7. The normalized spacial score (nSPS) is 24.5. The number of nitrogens with two attached hydrogens (primary N) is 1. The Labute approximate surface area is 283 Å². The van der Waals surface area contributed by atoms with Gasteiger partial charge in [0.25, 0.3) is 0 Å². The molecule has 0 aliphatic carbocycles. The van der Waals surface area contributed by atoms with Crippen molar-refractivity contribution >= 4 is 37.0 Å². The Kier molecular flexibility index (Phi) is 11.6. The predicted octanol–water partition coefficient (Wildman–Crippen LogP) is 3.69. The Morgan fingerprint density at radius 2 is 1.76 bits per heavy atom. The quantitative estimate of drug-likeness (QED) is 0.140. The summed E-state index contributed by atoms with van der Waals surface area (Å²) in [7, 11) is -4.39. The van der Waals surface area contributed by atoms with E-state index in [0.717, 1.165) is 0 Å². The Morgan fingerprint density at radius 3 is 2.45 bits per heavy atom. The number of nitrogens with one attached hydrogen (secondary N) is 1. The second-order valence-corrected chi connectivity index (χ2v) is 13.6. The molecule has 5 rings (SSSR count). The maximum absolute atomic E-state index is 14.4. The first-order chi connectivity index (χ1) is 23.4. The second kappa shape index (κ2) is 15.6. The number of fused-ring (bicyclic) bond motifs is 1. The largest absolute Gasteiger partial charge is 0.461 e. The van der Waals surface area contributed by atoms with Gasteiger partial charge < -0.3 is 33.9 Å². The van der Waals surface area contributed by atoms with Crippen molar-refractivity contribution in [3.05, 3.63) is 54.5 Å². The minimum Gasteiger partial charge on any atom is -0.461 e. The number of hydrogen-bond acceptors (Lipinski definition) is 14. The fraction of sp³-hybridized carbons (Fsp3) is 0.531. The zero-order valence-corrected chi connectivity index (χ0v) is 28.7. The summed E-state index contributed by atoms with van der Waals surface area (Å²) in [5, 5.41) is 6.98. The molecule has 3 aromatic rings. The summed E-state index contributed by atoms with van der Waals surface area (Å²) in [6.45, 7) is 6.72. The topological polar surface area (TPSA) is 201 Å². The number of carbonyl (C=O) groups excluding carboxylic acids is 3. The van der Waals surface area contributed by atoms with Gasteiger partial charge in [0.1, 0.15) is 41.4 Å². The van der Waals surface area contributed by atoms with E-state index in [4.69, 9.17) is 38.5 Å². The van der Waals surface area contributed by atoms with Crippen LogP contribution >= 0.6 is 7.75 Å². The molecule has 2 aliphatic heterocycles. The smallest absolute Gasteiger partial charge is 0.459 e. The summed E-state index contributed by atoms with van der Waals surface area (Å²) in [5.74, 6) is -1.43. The van der Waals surface area contributed by atoms with Gasteiger partial charge in [0, 0.05) is 25.7 Å². The van der Waals surface area contributed by atoms with Gasteiger partial charge in [0.15, 0.2) is 18.0 Å². The number of nitrogens with zero attached hydrogens (tertiary/aromatic N) is 3. The summed E-state index contributed by atoms with van der Waals surface area (Å²) in [5.41, 5.74) is 5.37. The lowest BCUT2D eigenvalue weighted by molar-refractivity contribution is -0.171. The summed E-state index contributed by atoms with van der Waals surface area (Å²) >= 11 is 0. The Hall–Kier alpha value is -4.08. The van der Waals surface area contributed by atoms with Crippen molar-refractivity contribution in [2.24, 2.45) is 0 Å². The van der Waals surface area contributed by atoms with Crippen molar-refractivity contribution in [2.75, 3.05) is 25.6 Å². The molecule has 0 amide bonds. The van der Waals surface area contributed by atoms with E-state index in [1.54, 1.807) is 63.2 Å². The van der Waals surface area contributed by atoms with Gasteiger partial charge in [-0.2, -0.15) is 10.2 Å². The molecule has 4 heterocycles. The first-order valence-electron chi connectivity index (χ1n) is 16.2. The van der Waals surface area contributed by atoms with Crippen LogP contribution in [0.5, 0.6) is 5.75 Å². The van der Waals surface area contributed by atoms with Crippen molar-refractivity contribution < 1.29 is 51.7 Å². The average molecular weight is 704 g/mol. The maximum atomic E-state index is 14.4. The van der Waals surface area contributed by atoms with Crippen LogP contribution in [-0.4, -0.2) is 82.3 Å². The number of benzene rings is 1. The van der Waals surface area contributed by atoms with Crippen LogP contribution in [0.3, 0.4) is 0 Å². The Morgan fingerprint density at radius 1 is 1.06 bits per heavy atom. The molecule has 1 aromatic carbocycles. The van der Waals surface area contributed by atoms with E-state index in [2.05, 4.69) is 15.2 Å². The number of carbonyl (C=O) groups is 3. The van der Waals surface area contributed by atoms with Crippen molar-refractivity contribution in [2.45, 2.75) is 89.4 Å². The highest BCUT2D eigenvalue weighted by molar-refractivity contribution is 7.52. The summed E-state index contributed by atoms with van der Waals surface area (Å²) in [6, 6.07) is 10.5. The van der Waals surface area contributed by atoms with Crippen LogP contribution in [0.4, 0.5) is 5.82 Å². The van der Waals surface area contributed by atoms with Crippen LogP contribution in [-0.2, 0) is 47.2 Å². The SMILES string of the molecule is CCC(=O)O[C@H]1[C@H](c2ccc3c(N)ncnn23)O[C@](C)(CO[P@](=O)(N[C@@H](C)C(=O)OC2CCOCC2)Oc2ccccc2)[C@H]1OC(=O)CC. The number of hydrogen-bond donors (Lipinski definition) is 2. The maximum Gasteiger partial charge on any atom is 0.459 e. The molecule has 0 bridgehead atoms. The number of rotatable bonds is 14. The molecular weight excluding hydrogens is 661 g/mol. The zero-order valence-electron chi connectivity index (χ0n) is 27.8. The Balaban J connectivity index is 1.46. The number of esters is 3. The number of ether oxygens (including phenoxy) is 5. The van der Waals surface area contributed by atoms with E-state index >= 15 is 0 Å². The molecule has 2 fully saturated rings. The minimum atomic E-state index is -4.39. The first kappa shape index (κ1) is 36.2. The third-order valence-corrected chi connectivity index (χ3v) is 9.77. The fourth-order valence-corrected chi connectivity index (χ4v) is 7.10. The molecule has 2 aliphatic rings. The van der Waals surface area contributed by atoms with Crippen molar-refractivity contribution in [1.82, 2.24) is 19.7 Å². The lowest BCUT2D eigenvalue weighted by atomic mass is 9.96. The summed E-state index contributed by atoms with van der Waals surface area (Å²) < 4.78 is 57.0. The number of nitrogen functional groups attached to an aromatic ring is 1. The lowest BCUT2D eigenvalue weighted by Crippen LogP contribution is -2.48. The van der Waals surface area contributed by atoms with Crippen LogP contribution in [0, 0.1) is 0 Å². The van der Waals surface area contributed by atoms with Crippen LogP contribution in [0.2, 0.25) is 0 Å². The van der Waals surface area contributed by atoms with Crippen LogP contribution in [0.15, 0.2) is 48.8 Å². The standard InChI is InChI=1S/C32H42N5O11P/c1-5-25(38)45-28-27(23-12-13-24-30(33)34-19-35-37(23)24)47-32(4,29(28)46-26(39)6-2)18-43-49(41,48-22-10-8-7-9-11-22)36-20(3)31(40)44-21-14-16-42-17-15-21/h7-13,19-21,27-29H,5-6,14-18H2,1-4H3,(H,36,41)(H2,33,34,35)/t20-,27-,28-,29-,32+,49+/m0/s1. The number of para-hydroxylation sites is 1. The average Bonchev–Trinajstić information content (AvgIpc) is 3.64. The van der Waals surface area contributed by atoms with Gasteiger partial charge >= 0.3 is 25.7 Å². The van der Waals surface area contributed by atoms with Gasteiger partial charge in [-0.05, 0) is 38.1 Å². The third-order valence-electron chi connectivity index (χ3n) is 8.15. The molecule has 0 saturated carbocycles. The van der Waals surface area contributed by atoms with E-state index in [1.807, 2.05) is 0 Å². The molecule has 0 spiro atoms. The van der Waals surface area contributed by atoms with Gasteiger partial charge in [-0.3, -0.25) is 18.9 Å². The van der Waals surface area contributed by atoms with Gasteiger partial charge in [-0.25, -0.2) is 14.1 Å². The van der Waals surface area contributed by atoms with Gasteiger partial charge in [0.05, 0.1) is 25.5 Å². The van der Waals surface area contributed by atoms with E-state index in [0.29, 0.717) is 37.3 Å². The number of anilines is 1. The number of aromatic nitrogens is 3. The van der Waals surface area contributed by atoms with E-state index in [9.17, 15) is 18.9 Å². The second-order valence-electron chi connectivity index (χ2n) is 11.9. The van der Waals surface area contributed by atoms with E-state index < -0.39 is 62.2 Å². The highest BCUT2D eigenvalue weighted by Gasteiger charge is 2.59. The molecule has 3 N–H and O–H groups in total. The molecule has 2 aromatic heterocycles. The molecule has 266 valence electrons. The lowest BCUT2D eigenvalue weighted by Gasteiger charge is -2.32. The Bertz CT molecular complexity index is 1670. The van der Waals surface area contributed by atoms with Crippen LogP contribution in [0.1, 0.15) is 65.2 Å². The van der Waals surface area contributed by atoms with Gasteiger partial charge in [-0.1, -0.05) is 32.0 Å². The molecule has 16 nitrogen and oxygen atoms in total.